The molecule has 110 valence electrons. The molecule has 0 spiro atoms. The van der Waals surface area contributed by atoms with Crippen molar-refractivity contribution in [1.82, 2.24) is 10.2 Å². The molecule has 0 aliphatic heterocycles. The van der Waals surface area contributed by atoms with Gasteiger partial charge in [0.15, 0.2) is 0 Å². The van der Waals surface area contributed by atoms with E-state index in [0.29, 0.717) is 13.1 Å². The Hall–Kier alpha value is -1.26. The second-order valence-electron chi connectivity index (χ2n) is 6.74. The maximum Gasteiger partial charge on any atom is 0.317 e. The summed E-state index contributed by atoms with van der Waals surface area (Å²) in [6.07, 6.45) is 2.56. The second-order valence-corrected chi connectivity index (χ2v) is 6.74. The zero-order chi connectivity index (χ0) is 14.6. The fourth-order valence-electron chi connectivity index (χ4n) is 2.74. The number of rotatable bonds is 4. The Morgan fingerprint density at radius 3 is 2.47 bits per heavy atom. The van der Waals surface area contributed by atoms with Crippen LogP contribution in [0.15, 0.2) is 0 Å². The highest BCUT2D eigenvalue weighted by Crippen LogP contribution is 2.31. The van der Waals surface area contributed by atoms with E-state index in [1.807, 2.05) is 0 Å². The molecule has 0 aromatic carbocycles. The predicted molar refractivity (Wildman–Crippen MR) is 74.0 cm³/mol. The third-order valence-corrected chi connectivity index (χ3v) is 3.55. The van der Waals surface area contributed by atoms with Crippen LogP contribution in [0.5, 0.6) is 0 Å². The van der Waals surface area contributed by atoms with E-state index >= 15 is 0 Å². The molecule has 5 nitrogen and oxygen atoms in total. The van der Waals surface area contributed by atoms with E-state index in [1.165, 1.54) is 0 Å². The largest absolute Gasteiger partial charge is 0.481 e. The smallest absolute Gasteiger partial charge is 0.317 e. The van der Waals surface area contributed by atoms with Crippen LogP contribution in [0.1, 0.15) is 40.0 Å². The third-order valence-electron chi connectivity index (χ3n) is 3.55. The molecular weight excluding hydrogens is 244 g/mol. The van der Waals surface area contributed by atoms with Gasteiger partial charge in [-0.2, -0.15) is 0 Å². The quantitative estimate of drug-likeness (QED) is 0.822. The van der Waals surface area contributed by atoms with Crippen LogP contribution in [-0.2, 0) is 4.79 Å². The Balaban J connectivity index is 2.39. The standard InChI is InChI=1S/C14H26N2O3/c1-14(2,3)9-16(4)13(19)15-8-10-6-5-7-11(10)12(17)18/h10-11H,5-9H2,1-4H3,(H,15,19)(H,17,18). The maximum atomic E-state index is 11.9. The normalized spacial score (nSPS) is 23.2. The fraction of sp³-hybridized carbons (Fsp3) is 0.857. The lowest BCUT2D eigenvalue weighted by molar-refractivity contribution is -0.142. The summed E-state index contributed by atoms with van der Waals surface area (Å²) < 4.78 is 0. The molecule has 19 heavy (non-hydrogen) atoms. The van der Waals surface area contributed by atoms with Crippen molar-refractivity contribution in [2.45, 2.75) is 40.0 Å². The van der Waals surface area contributed by atoms with E-state index < -0.39 is 5.97 Å². The predicted octanol–water partition coefficient (Wildman–Crippen LogP) is 2.17. The first-order valence-electron chi connectivity index (χ1n) is 6.92. The number of nitrogens with zero attached hydrogens (tertiary/aromatic N) is 1. The molecule has 2 amide bonds. The molecular formula is C14H26N2O3. The van der Waals surface area contributed by atoms with Gasteiger partial charge in [-0.15, -0.1) is 0 Å². The highest BCUT2D eigenvalue weighted by Gasteiger charge is 2.33. The lowest BCUT2D eigenvalue weighted by Crippen LogP contribution is -2.43. The van der Waals surface area contributed by atoms with E-state index in [4.69, 9.17) is 5.11 Å². The summed E-state index contributed by atoms with van der Waals surface area (Å²) in [4.78, 5) is 24.6. The van der Waals surface area contributed by atoms with Gasteiger partial charge >= 0.3 is 12.0 Å². The molecule has 1 fully saturated rings. The van der Waals surface area contributed by atoms with Gasteiger partial charge in [0.1, 0.15) is 0 Å². The molecule has 0 aromatic heterocycles. The summed E-state index contributed by atoms with van der Waals surface area (Å²) in [6, 6.07) is -0.119. The summed E-state index contributed by atoms with van der Waals surface area (Å²) in [5.41, 5.74) is 0.0586. The number of hydrogen-bond acceptors (Lipinski definition) is 2. The molecule has 0 radical (unpaired) electrons. The number of carboxylic acid groups (broad SMARTS) is 1. The Bertz CT molecular complexity index is 336. The number of carboxylic acids is 1. The van der Waals surface area contributed by atoms with Crippen LogP contribution in [0.2, 0.25) is 0 Å². The number of amides is 2. The van der Waals surface area contributed by atoms with E-state index in [1.54, 1.807) is 11.9 Å². The molecule has 1 aliphatic carbocycles. The number of urea groups is 1. The summed E-state index contributed by atoms with van der Waals surface area (Å²) >= 11 is 0. The second kappa shape index (κ2) is 6.26. The lowest BCUT2D eigenvalue weighted by Gasteiger charge is -2.27. The van der Waals surface area contributed by atoms with Crippen molar-refractivity contribution in [3.63, 3.8) is 0 Å². The molecule has 0 saturated heterocycles. The average molecular weight is 270 g/mol. The van der Waals surface area contributed by atoms with Crippen LogP contribution in [-0.4, -0.2) is 42.1 Å². The summed E-state index contributed by atoms with van der Waals surface area (Å²) in [7, 11) is 1.77. The van der Waals surface area contributed by atoms with Crippen molar-refractivity contribution in [2.24, 2.45) is 17.3 Å². The topological polar surface area (TPSA) is 69.6 Å². The molecule has 2 unspecified atom stereocenters. The Kier molecular flexibility index (Phi) is 5.20. The number of carbonyl (C=O) groups excluding carboxylic acids is 1. The Morgan fingerprint density at radius 2 is 1.95 bits per heavy atom. The van der Waals surface area contributed by atoms with Gasteiger partial charge in [-0.3, -0.25) is 4.79 Å². The molecule has 5 heteroatoms. The van der Waals surface area contributed by atoms with Gasteiger partial charge in [-0.1, -0.05) is 27.2 Å². The zero-order valence-electron chi connectivity index (χ0n) is 12.4. The molecule has 2 atom stereocenters. The lowest BCUT2D eigenvalue weighted by atomic mass is 9.96. The van der Waals surface area contributed by atoms with Crippen molar-refractivity contribution in [2.75, 3.05) is 20.1 Å². The molecule has 1 rings (SSSR count). The van der Waals surface area contributed by atoms with Gasteiger partial charge in [-0.05, 0) is 24.2 Å². The molecule has 0 aromatic rings. The average Bonchev–Trinajstić information content (AvgIpc) is 2.71. The minimum atomic E-state index is -0.736. The summed E-state index contributed by atoms with van der Waals surface area (Å²) in [5, 5.41) is 11.9. The molecule has 2 N–H and O–H groups in total. The molecule has 0 bridgehead atoms. The van der Waals surface area contributed by atoms with E-state index in [2.05, 4.69) is 26.1 Å². The van der Waals surface area contributed by atoms with Crippen molar-refractivity contribution in [3.8, 4) is 0 Å². The van der Waals surface area contributed by atoms with Crippen LogP contribution in [0, 0.1) is 17.3 Å². The van der Waals surface area contributed by atoms with Gasteiger partial charge in [0.05, 0.1) is 5.92 Å². The number of hydrogen-bond donors (Lipinski definition) is 2. The monoisotopic (exact) mass is 270 g/mol. The number of nitrogens with one attached hydrogen (secondary N) is 1. The van der Waals surface area contributed by atoms with E-state index in [9.17, 15) is 9.59 Å². The summed E-state index contributed by atoms with van der Waals surface area (Å²) in [5.74, 6) is -0.961. The van der Waals surface area contributed by atoms with E-state index in [-0.39, 0.29) is 23.3 Å². The highest BCUT2D eigenvalue weighted by atomic mass is 16.4. The Labute approximate surface area is 115 Å². The van der Waals surface area contributed by atoms with Crippen molar-refractivity contribution in [3.05, 3.63) is 0 Å². The zero-order valence-corrected chi connectivity index (χ0v) is 12.4. The third kappa shape index (κ3) is 5.09. The minimum absolute atomic E-state index is 0.0586. The summed E-state index contributed by atoms with van der Waals surface area (Å²) in [6.45, 7) is 7.37. The number of carbonyl (C=O) groups is 2. The van der Waals surface area contributed by atoms with Gasteiger partial charge in [-0.25, -0.2) is 4.79 Å². The first kappa shape index (κ1) is 15.8. The van der Waals surface area contributed by atoms with Gasteiger partial charge < -0.3 is 15.3 Å². The van der Waals surface area contributed by atoms with Crippen molar-refractivity contribution < 1.29 is 14.7 Å². The van der Waals surface area contributed by atoms with Gasteiger partial charge in [0.2, 0.25) is 0 Å². The van der Waals surface area contributed by atoms with Gasteiger partial charge in [0, 0.05) is 20.1 Å². The van der Waals surface area contributed by atoms with Crippen LogP contribution in [0.3, 0.4) is 0 Å². The van der Waals surface area contributed by atoms with Crippen LogP contribution in [0.25, 0.3) is 0 Å². The van der Waals surface area contributed by atoms with E-state index in [0.717, 1.165) is 19.3 Å². The first-order valence-corrected chi connectivity index (χ1v) is 6.92. The molecule has 1 saturated carbocycles. The first-order chi connectivity index (χ1) is 8.70. The maximum absolute atomic E-state index is 11.9. The van der Waals surface area contributed by atoms with Crippen LogP contribution >= 0.6 is 0 Å². The molecule has 1 aliphatic rings. The minimum Gasteiger partial charge on any atom is -0.481 e. The molecule has 0 heterocycles. The fourth-order valence-corrected chi connectivity index (χ4v) is 2.74. The Morgan fingerprint density at radius 1 is 1.32 bits per heavy atom. The van der Waals surface area contributed by atoms with Crippen molar-refractivity contribution in [1.29, 1.82) is 0 Å². The number of aliphatic carboxylic acids is 1. The van der Waals surface area contributed by atoms with Crippen LogP contribution < -0.4 is 5.32 Å². The van der Waals surface area contributed by atoms with Crippen molar-refractivity contribution >= 4 is 12.0 Å². The highest BCUT2D eigenvalue weighted by molar-refractivity contribution is 5.74. The van der Waals surface area contributed by atoms with Gasteiger partial charge in [0.25, 0.3) is 0 Å². The van der Waals surface area contributed by atoms with Crippen LogP contribution in [0.4, 0.5) is 4.79 Å². The SMILES string of the molecule is CN(CC(C)(C)C)C(=O)NCC1CCCC1C(=O)O.